The molecule has 0 saturated heterocycles. The Bertz CT molecular complexity index is 361. The number of phenols is 1. The van der Waals surface area contributed by atoms with Crippen molar-refractivity contribution < 1.29 is 14.6 Å². The minimum absolute atomic E-state index is 0.233. The van der Waals surface area contributed by atoms with Crippen molar-refractivity contribution >= 4 is 5.97 Å². The molecule has 0 saturated carbocycles. The van der Waals surface area contributed by atoms with Crippen LogP contribution in [0.15, 0.2) is 36.5 Å². The van der Waals surface area contributed by atoms with Crippen molar-refractivity contribution in [3.8, 4) is 5.75 Å². The largest absolute Gasteiger partial charge is 0.508 e. The lowest BCUT2D eigenvalue weighted by Gasteiger charge is -2.03. The van der Waals surface area contributed by atoms with E-state index < -0.39 is 5.97 Å². The van der Waals surface area contributed by atoms with E-state index in [-0.39, 0.29) is 5.75 Å². The highest BCUT2D eigenvalue weighted by molar-refractivity contribution is 5.81. The summed E-state index contributed by atoms with van der Waals surface area (Å²) in [4.78, 5) is 10.7. The van der Waals surface area contributed by atoms with Gasteiger partial charge < -0.3 is 15.2 Å². The van der Waals surface area contributed by atoms with Gasteiger partial charge in [0, 0.05) is 24.4 Å². The number of carbonyl (C=O) groups excluding carboxylic acids is 1. The predicted molar refractivity (Wildman–Crippen MR) is 56.1 cm³/mol. The number of nitrogens with one attached hydrogen (secondary N) is 1. The Morgan fingerprint density at radius 2 is 2.27 bits per heavy atom. The highest BCUT2D eigenvalue weighted by atomic mass is 16.5. The summed E-state index contributed by atoms with van der Waals surface area (Å²) in [5, 5.41) is 12.3. The lowest BCUT2D eigenvalue weighted by atomic mass is 10.2. The maximum atomic E-state index is 10.7. The maximum Gasteiger partial charge on any atom is 0.331 e. The number of aromatic hydroxyl groups is 1. The number of carbonyl (C=O) groups is 1. The Morgan fingerprint density at radius 3 is 2.93 bits per heavy atom. The third-order valence-electron chi connectivity index (χ3n) is 1.82. The molecule has 0 atom stereocenters. The summed E-state index contributed by atoms with van der Waals surface area (Å²) in [6, 6.07) is 7.00. The third kappa shape index (κ3) is 3.72. The zero-order valence-electron chi connectivity index (χ0n) is 8.43. The van der Waals surface area contributed by atoms with Crippen LogP contribution < -0.4 is 5.32 Å². The van der Waals surface area contributed by atoms with Gasteiger partial charge in [0.05, 0.1) is 7.11 Å². The first kappa shape index (κ1) is 11.1. The van der Waals surface area contributed by atoms with Gasteiger partial charge in [-0.2, -0.15) is 0 Å². The van der Waals surface area contributed by atoms with Crippen LogP contribution in [0.2, 0.25) is 0 Å². The molecule has 0 aromatic heterocycles. The van der Waals surface area contributed by atoms with Crippen LogP contribution >= 0.6 is 0 Å². The van der Waals surface area contributed by atoms with Gasteiger partial charge in [0.1, 0.15) is 5.75 Å². The molecule has 0 aliphatic rings. The van der Waals surface area contributed by atoms with E-state index in [0.717, 1.165) is 5.56 Å². The van der Waals surface area contributed by atoms with Gasteiger partial charge in [0.2, 0.25) is 0 Å². The second-order valence-electron chi connectivity index (χ2n) is 2.87. The van der Waals surface area contributed by atoms with Gasteiger partial charge in [-0.15, -0.1) is 0 Å². The van der Waals surface area contributed by atoms with E-state index in [2.05, 4.69) is 10.1 Å². The van der Waals surface area contributed by atoms with Gasteiger partial charge in [0.15, 0.2) is 0 Å². The van der Waals surface area contributed by atoms with Crippen LogP contribution in [0.4, 0.5) is 0 Å². The van der Waals surface area contributed by atoms with E-state index in [1.807, 2.05) is 6.07 Å². The number of benzene rings is 1. The van der Waals surface area contributed by atoms with E-state index in [1.165, 1.54) is 19.4 Å². The molecular weight excluding hydrogens is 194 g/mol. The number of hydrogen-bond donors (Lipinski definition) is 2. The number of methoxy groups -OCH3 is 1. The van der Waals surface area contributed by atoms with Crippen LogP contribution in [0.1, 0.15) is 5.56 Å². The lowest BCUT2D eigenvalue weighted by molar-refractivity contribution is -0.134. The average Bonchev–Trinajstić information content (AvgIpc) is 2.26. The number of para-hydroxylation sites is 1. The molecule has 0 heterocycles. The topological polar surface area (TPSA) is 58.6 Å². The van der Waals surface area contributed by atoms with Crippen LogP contribution in [0, 0.1) is 0 Å². The zero-order valence-corrected chi connectivity index (χ0v) is 8.43. The van der Waals surface area contributed by atoms with Crippen molar-refractivity contribution in [2.45, 2.75) is 6.54 Å². The second-order valence-corrected chi connectivity index (χ2v) is 2.87. The van der Waals surface area contributed by atoms with E-state index in [1.54, 1.807) is 18.2 Å². The van der Waals surface area contributed by atoms with Crippen LogP contribution in [-0.2, 0) is 16.1 Å². The Balaban J connectivity index is 2.41. The fourth-order valence-corrected chi connectivity index (χ4v) is 1.02. The summed E-state index contributed by atoms with van der Waals surface area (Å²) in [7, 11) is 1.32. The molecule has 0 spiro atoms. The first-order chi connectivity index (χ1) is 7.24. The molecule has 2 N–H and O–H groups in total. The summed E-state index contributed by atoms with van der Waals surface area (Å²) in [5.74, 6) is -0.184. The van der Waals surface area contributed by atoms with Gasteiger partial charge in [-0.25, -0.2) is 4.79 Å². The predicted octanol–water partition coefficient (Wildman–Crippen LogP) is 1.17. The molecule has 1 aromatic rings. The molecule has 0 fully saturated rings. The Labute approximate surface area is 88.2 Å². The van der Waals surface area contributed by atoms with Gasteiger partial charge in [-0.1, -0.05) is 18.2 Å². The molecule has 0 amide bonds. The quantitative estimate of drug-likeness (QED) is 0.574. The van der Waals surface area contributed by atoms with Gasteiger partial charge in [0.25, 0.3) is 0 Å². The fraction of sp³-hybridized carbons (Fsp3) is 0.182. The molecular formula is C11H13NO3. The Morgan fingerprint density at radius 1 is 1.53 bits per heavy atom. The average molecular weight is 207 g/mol. The molecule has 1 aromatic carbocycles. The van der Waals surface area contributed by atoms with Crippen LogP contribution in [0.3, 0.4) is 0 Å². The van der Waals surface area contributed by atoms with E-state index in [9.17, 15) is 9.90 Å². The standard InChI is InChI=1S/C11H13NO3/c1-15-11(14)6-7-12-8-9-4-2-3-5-10(9)13/h2-7,12-13H,8H2,1H3/b7-6+. The van der Waals surface area contributed by atoms with Crippen molar-refractivity contribution in [1.82, 2.24) is 5.32 Å². The van der Waals surface area contributed by atoms with Crippen molar-refractivity contribution in [1.29, 1.82) is 0 Å². The molecule has 80 valence electrons. The first-order valence-corrected chi connectivity index (χ1v) is 4.49. The first-order valence-electron chi connectivity index (χ1n) is 4.49. The SMILES string of the molecule is COC(=O)/C=C/NCc1ccccc1O. The molecule has 1 rings (SSSR count). The fourth-order valence-electron chi connectivity index (χ4n) is 1.02. The number of hydrogen-bond acceptors (Lipinski definition) is 4. The Hall–Kier alpha value is -1.97. The molecule has 0 aliphatic carbocycles. The molecule has 15 heavy (non-hydrogen) atoms. The van der Waals surface area contributed by atoms with E-state index in [4.69, 9.17) is 0 Å². The zero-order chi connectivity index (χ0) is 11.1. The molecule has 4 nitrogen and oxygen atoms in total. The monoisotopic (exact) mass is 207 g/mol. The van der Waals surface area contributed by atoms with Crippen molar-refractivity contribution in [2.24, 2.45) is 0 Å². The number of esters is 1. The minimum atomic E-state index is -0.417. The summed E-state index contributed by atoms with van der Waals surface area (Å²) >= 11 is 0. The lowest BCUT2D eigenvalue weighted by Crippen LogP contribution is -2.06. The number of phenolic OH excluding ortho intramolecular Hbond substituents is 1. The number of ether oxygens (including phenoxy) is 1. The Kier molecular flexibility index (Phi) is 4.22. The minimum Gasteiger partial charge on any atom is -0.508 e. The van der Waals surface area contributed by atoms with Crippen molar-refractivity contribution in [2.75, 3.05) is 7.11 Å². The van der Waals surface area contributed by atoms with E-state index >= 15 is 0 Å². The summed E-state index contributed by atoms with van der Waals surface area (Å²) in [6.07, 6.45) is 2.76. The highest BCUT2D eigenvalue weighted by Gasteiger charge is 1.96. The van der Waals surface area contributed by atoms with Gasteiger partial charge in [-0.3, -0.25) is 0 Å². The van der Waals surface area contributed by atoms with Crippen molar-refractivity contribution in [3.05, 3.63) is 42.1 Å². The van der Waals surface area contributed by atoms with Crippen LogP contribution in [0.5, 0.6) is 5.75 Å². The van der Waals surface area contributed by atoms with Crippen LogP contribution in [-0.4, -0.2) is 18.2 Å². The molecule has 0 aliphatic heterocycles. The summed E-state index contributed by atoms with van der Waals surface area (Å²) in [5.41, 5.74) is 0.770. The summed E-state index contributed by atoms with van der Waals surface area (Å²) in [6.45, 7) is 0.458. The van der Waals surface area contributed by atoms with Gasteiger partial charge >= 0.3 is 5.97 Å². The number of rotatable bonds is 4. The molecule has 4 heteroatoms. The normalized spacial score (nSPS) is 10.2. The molecule has 0 bridgehead atoms. The third-order valence-corrected chi connectivity index (χ3v) is 1.82. The molecule has 0 radical (unpaired) electrons. The van der Waals surface area contributed by atoms with Crippen LogP contribution in [0.25, 0.3) is 0 Å². The van der Waals surface area contributed by atoms with Gasteiger partial charge in [-0.05, 0) is 6.07 Å². The highest BCUT2D eigenvalue weighted by Crippen LogP contribution is 2.14. The molecule has 0 unspecified atom stereocenters. The maximum absolute atomic E-state index is 10.7. The smallest absolute Gasteiger partial charge is 0.331 e. The van der Waals surface area contributed by atoms with E-state index in [0.29, 0.717) is 6.54 Å². The summed E-state index contributed by atoms with van der Waals surface area (Å²) < 4.78 is 4.41. The second kappa shape index (κ2) is 5.70. The van der Waals surface area contributed by atoms with Crippen molar-refractivity contribution in [3.63, 3.8) is 0 Å².